The van der Waals surface area contributed by atoms with Crippen LogP contribution in [0.4, 0.5) is 4.79 Å². The molecule has 2 fully saturated rings. The monoisotopic (exact) mass is 454 g/mol. The first-order valence-electron chi connectivity index (χ1n) is 11.9. The van der Waals surface area contributed by atoms with Crippen molar-refractivity contribution in [3.05, 3.63) is 35.7 Å². The second-order valence-corrected chi connectivity index (χ2v) is 9.19. The predicted octanol–water partition coefficient (Wildman–Crippen LogP) is 2.88. The molecule has 1 saturated heterocycles. The minimum absolute atomic E-state index is 0.0137. The zero-order chi connectivity index (χ0) is 23.4. The molecule has 178 valence electrons. The maximum atomic E-state index is 12.6. The second kappa shape index (κ2) is 10.4. The van der Waals surface area contributed by atoms with Crippen molar-refractivity contribution in [2.24, 2.45) is 0 Å². The maximum Gasteiger partial charge on any atom is 0.321 e. The lowest BCUT2D eigenvalue weighted by atomic mass is 10.1. The fourth-order valence-corrected chi connectivity index (χ4v) is 4.57. The van der Waals surface area contributed by atoms with Crippen LogP contribution in [0.15, 0.2) is 28.8 Å². The van der Waals surface area contributed by atoms with Gasteiger partial charge in [0, 0.05) is 37.8 Å². The van der Waals surface area contributed by atoms with Gasteiger partial charge in [0.25, 0.3) is 0 Å². The molecule has 9 heteroatoms. The van der Waals surface area contributed by atoms with Crippen molar-refractivity contribution in [3.63, 3.8) is 0 Å². The third-order valence-electron chi connectivity index (χ3n) is 6.86. The molecule has 2 N–H and O–H groups in total. The Morgan fingerprint density at radius 1 is 1.03 bits per heavy atom. The summed E-state index contributed by atoms with van der Waals surface area (Å²) in [6.45, 7) is 8.95. The van der Waals surface area contributed by atoms with Crippen molar-refractivity contribution >= 4 is 11.9 Å². The minimum Gasteiger partial charge on any atom is -0.337 e. The number of aryl methyl sites for hydroxylation is 1. The van der Waals surface area contributed by atoms with Gasteiger partial charge in [-0.1, -0.05) is 47.8 Å². The van der Waals surface area contributed by atoms with Gasteiger partial charge in [0.05, 0.1) is 12.1 Å². The predicted molar refractivity (Wildman–Crippen MR) is 124 cm³/mol. The normalized spacial score (nSPS) is 19.8. The van der Waals surface area contributed by atoms with Crippen LogP contribution in [0, 0.1) is 6.92 Å². The molecule has 2 aliphatic rings. The van der Waals surface area contributed by atoms with Crippen molar-refractivity contribution in [1.82, 2.24) is 30.6 Å². The van der Waals surface area contributed by atoms with Crippen LogP contribution in [0.5, 0.6) is 0 Å². The molecule has 2 unspecified atom stereocenters. The van der Waals surface area contributed by atoms with Gasteiger partial charge in [0.1, 0.15) is 0 Å². The molecule has 0 radical (unpaired) electrons. The molecule has 0 bridgehead atoms. The molecule has 1 saturated carbocycles. The number of piperazine rings is 1. The van der Waals surface area contributed by atoms with E-state index < -0.39 is 0 Å². The Morgan fingerprint density at radius 3 is 2.33 bits per heavy atom. The summed E-state index contributed by atoms with van der Waals surface area (Å²) in [5.41, 5.74) is 2.12. The van der Waals surface area contributed by atoms with E-state index in [2.05, 4.69) is 37.5 Å². The Kier molecular flexibility index (Phi) is 7.39. The highest BCUT2D eigenvalue weighted by molar-refractivity contribution is 5.96. The maximum absolute atomic E-state index is 12.6. The summed E-state index contributed by atoms with van der Waals surface area (Å²) in [4.78, 5) is 33.7. The molecule has 1 aromatic heterocycles. The van der Waals surface area contributed by atoms with Crippen LogP contribution in [0.1, 0.15) is 57.0 Å². The van der Waals surface area contributed by atoms with Crippen molar-refractivity contribution < 1.29 is 14.1 Å². The third-order valence-corrected chi connectivity index (χ3v) is 6.86. The summed E-state index contributed by atoms with van der Waals surface area (Å²) in [5, 5.41) is 9.56. The third kappa shape index (κ3) is 5.78. The summed E-state index contributed by atoms with van der Waals surface area (Å²) < 4.78 is 5.55. The summed E-state index contributed by atoms with van der Waals surface area (Å²) in [5.74, 6) is 0.927. The minimum atomic E-state index is -0.383. The molecule has 1 aliphatic carbocycles. The molecule has 9 nitrogen and oxygen atoms in total. The van der Waals surface area contributed by atoms with Gasteiger partial charge in [-0.05, 0) is 33.6 Å². The topological polar surface area (TPSA) is 104 Å². The van der Waals surface area contributed by atoms with E-state index in [4.69, 9.17) is 4.52 Å². The van der Waals surface area contributed by atoms with Crippen molar-refractivity contribution in [1.29, 1.82) is 0 Å². The highest BCUT2D eigenvalue weighted by Crippen LogP contribution is 2.24. The summed E-state index contributed by atoms with van der Waals surface area (Å²) in [6.07, 6.45) is 4.25. The number of rotatable bonds is 6. The zero-order valence-corrected chi connectivity index (χ0v) is 19.7. The number of nitrogens with one attached hydrogen (secondary N) is 2. The molecule has 4 rings (SSSR count). The molecule has 33 heavy (non-hydrogen) atoms. The molecule has 1 aliphatic heterocycles. The number of nitrogens with zero attached hydrogens (tertiary/aromatic N) is 4. The first-order chi connectivity index (χ1) is 15.9. The number of amides is 3. The van der Waals surface area contributed by atoms with Crippen LogP contribution < -0.4 is 10.6 Å². The van der Waals surface area contributed by atoms with E-state index in [9.17, 15) is 9.59 Å². The smallest absolute Gasteiger partial charge is 0.321 e. The van der Waals surface area contributed by atoms with E-state index in [-0.39, 0.29) is 30.1 Å². The molecule has 2 heterocycles. The average Bonchev–Trinajstić information content (AvgIpc) is 3.51. The highest BCUT2D eigenvalue weighted by Gasteiger charge is 2.30. The van der Waals surface area contributed by atoms with Gasteiger partial charge < -0.3 is 9.84 Å². The number of imide groups is 1. The van der Waals surface area contributed by atoms with Crippen LogP contribution in [0.3, 0.4) is 0 Å². The summed E-state index contributed by atoms with van der Waals surface area (Å²) >= 11 is 0. The van der Waals surface area contributed by atoms with Gasteiger partial charge in [-0.25, -0.2) is 4.79 Å². The number of urea groups is 1. The molecule has 2 aromatic rings. The van der Waals surface area contributed by atoms with E-state index in [1.54, 1.807) is 0 Å². The Bertz CT molecular complexity index is 945. The largest absolute Gasteiger partial charge is 0.337 e. The Hall–Kier alpha value is -2.78. The van der Waals surface area contributed by atoms with Crippen molar-refractivity contribution in [2.75, 3.05) is 26.2 Å². The van der Waals surface area contributed by atoms with Crippen LogP contribution >= 0.6 is 0 Å². The van der Waals surface area contributed by atoms with Gasteiger partial charge in [-0.2, -0.15) is 4.98 Å². The van der Waals surface area contributed by atoms with Crippen LogP contribution in [-0.2, 0) is 4.79 Å². The SMILES string of the molecule is Cc1ccc(-c2noc(C(C)N3CCN(C(C)C(=O)NC(=O)NC4CCCC4)CC3)n2)cc1. The fraction of sp³-hybridized carbons (Fsp3) is 0.583. The van der Waals surface area contributed by atoms with Crippen molar-refractivity contribution in [2.45, 2.75) is 64.6 Å². The highest BCUT2D eigenvalue weighted by atomic mass is 16.5. The van der Waals surface area contributed by atoms with Gasteiger partial charge >= 0.3 is 6.03 Å². The van der Waals surface area contributed by atoms with E-state index in [1.165, 1.54) is 5.56 Å². The number of aromatic nitrogens is 2. The lowest BCUT2D eigenvalue weighted by molar-refractivity contribution is -0.125. The lowest BCUT2D eigenvalue weighted by Crippen LogP contribution is -2.56. The zero-order valence-electron chi connectivity index (χ0n) is 19.7. The van der Waals surface area contributed by atoms with Crippen molar-refractivity contribution in [3.8, 4) is 11.4 Å². The van der Waals surface area contributed by atoms with Gasteiger partial charge in [0.2, 0.25) is 17.6 Å². The molecular formula is C24H34N6O3. The first kappa shape index (κ1) is 23.4. The summed E-state index contributed by atoms with van der Waals surface area (Å²) in [7, 11) is 0. The molecule has 0 spiro atoms. The van der Waals surface area contributed by atoms with E-state index in [0.717, 1.165) is 57.4 Å². The Balaban J connectivity index is 1.26. The fourth-order valence-electron chi connectivity index (χ4n) is 4.57. The van der Waals surface area contributed by atoms with Crippen LogP contribution in [0.2, 0.25) is 0 Å². The number of carbonyl (C=O) groups excluding carboxylic acids is 2. The van der Waals surface area contributed by atoms with Gasteiger partial charge in [0.15, 0.2) is 0 Å². The molecular weight excluding hydrogens is 420 g/mol. The first-order valence-corrected chi connectivity index (χ1v) is 11.9. The van der Waals surface area contributed by atoms with Crippen LogP contribution in [0.25, 0.3) is 11.4 Å². The quantitative estimate of drug-likeness (QED) is 0.692. The Labute approximate surface area is 194 Å². The van der Waals surface area contributed by atoms with E-state index >= 15 is 0 Å². The number of carbonyl (C=O) groups is 2. The van der Waals surface area contributed by atoms with E-state index in [0.29, 0.717) is 11.7 Å². The molecule has 3 amide bonds. The van der Waals surface area contributed by atoms with Crippen LogP contribution in [-0.4, -0.2) is 70.1 Å². The average molecular weight is 455 g/mol. The number of hydrogen-bond donors (Lipinski definition) is 2. The Morgan fingerprint density at radius 2 is 1.67 bits per heavy atom. The lowest BCUT2D eigenvalue weighted by Gasteiger charge is -2.39. The van der Waals surface area contributed by atoms with E-state index in [1.807, 2.05) is 38.1 Å². The van der Waals surface area contributed by atoms with Gasteiger partial charge in [-0.15, -0.1) is 0 Å². The van der Waals surface area contributed by atoms with Gasteiger partial charge in [-0.3, -0.25) is 19.9 Å². The standard InChI is InChI=1S/C24H34N6O3/c1-16-8-10-19(11-9-16)21-26-23(33-28-21)18(3)30-14-12-29(13-15-30)17(2)22(31)27-24(32)25-20-6-4-5-7-20/h8-11,17-18,20H,4-7,12-15H2,1-3H3,(H2,25,27,31,32). The summed E-state index contributed by atoms with van der Waals surface area (Å²) in [6, 6.07) is 7.48. The second-order valence-electron chi connectivity index (χ2n) is 9.19. The number of hydrogen-bond acceptors (Lipinski definition) is 7. The number of benzene rings is 1. The molecule has 2 atom stereocenters. The molecule has 1 aromatic carbocycles.